The molecule has 0 aromatic carbocycles. The lowest BCUT2D eigenvalue weighted by Gasteiger charge is -2.51. The van der Waals surface area contributed by atoms with Crippen molar-refractivity contribution in [3.63, 3.8) is 0 Å². The summed E-state index contributed by atoms with van der Waals surface area (Å²) in [6, 6.07) is 5.51. The Morgan fingerprint density at radius 3 is 0.910 bits per heavy atom. The van der Waals surface area contributed by atoms with E-state index in [2.05, 4.69) is 200 Å². The fraction of sp³-hybridized carbons (Fsp3) is 1.00. The molecule has 584 valence electrons. The minimum atomic E-state index is 0.386. The Balaban J connectivity index is 0.000000133. The topological polar surface area (TPSA) is 22.7 Å². The normalized spacial score (nSPS) is 37.3. The molecule has 14 atom stereocenters. The Morgan fingerprint density at radius 1 is 0.200 bits per heavy atom. The van der Waals surface area contributed by atoms with Gasteiger partial charge in [0.1, 0.15) is 0 Å². The third-order valence-corrected chi connectivity index (χ3v) is 30.1. The first kappa shape index (κ1) is 83.8. The molecule has 17 rings (SSSR count). The van der Waals surface area contributed by atoms with Crippen molar-refractivity contribution in [2.45, 2.75) is 472 Å². The molecule has 0 aromatic rings. The summed E-state index contributed by atoms with van der Waals surface area (Å²) in [6.07, 6.45) is 53.5. The smallest absolute Gasteiger partial charge is 0.0130 e. The van der Waals surface area contributed by atoms with E-state index in [1.807, 2.05) is 0 Å². The average Bonchev–Trinajstić information content (AvgIpc) is 1.70. The van der Waals surface area contributed by atoms with Crippen LogP contribution in [0, 0.1) is 70.5 Å². The van der Waals surface area contributed by atoms with Crippen LogP contribution in [0.4, 0.5) is 0 Å². The first-order valence-corrected chi connectivity index (χ1v) is 44.9. The van der Waals surface area contributed by atoms with Crippen molar-refractivity contribution < 1.29 is 0 Å². The lowest BCUT2D eigenvalue weighted by molar-refractivity contribution is -0.0163. The van der Waals surface area contributed by atoms with Crippen molar-refractivity contribution in [1.82, 2.24) is 34.3 Å². The van der Waals surface area contributed by atoms with Gasteiger partial charge in [-0.25, -0.2) is 0 Å². The second-order valence-corrected chi connectivity index (χ2v) is 45.9. The third-order valence-electron chi connectivity index (χ3n) is 30.1. The van der Waals surface area contributed by atoms with E-state index in [0.29, 0.717) is 44.2 Å². The zero-order valence-corrected chi connectivity index (χ0v) is 72.1. The van der Waals surface area contributed by atoms with Crippen LogP contribution in [0.3, 0.4) is 0 Å². The van der Waals surface area contributed by atoms with Crippen LogP contribution in [0.1, 0.15) is 397 Å². The van der Waals surface area contributed by atoms with Crippen molar-refractivity contribution in [3.05, 3.63) is 0 Å². The van der Waals surface area contributed by atoms with E-state index < -0.39 is 0 Å². The number of fused-ring (bicyclic) bond motifs is 18. The van der Waals surface area contributed by atoms with Gasteiger partial charge in [0.15, 0.2) is 0 Å². The minimum Gasteiger partial charge on any atom is -0.298 e. The highest BCUT2D eigenvalue weighted by Gasteiger charge is 2.47. The van der Waals surface area contributed by atoms with E-state index in [-0.39, 0.29) is 0 Å². The van der Waals surface area contributed by atoms with Crippen LogP contribution >= 0.6 is 0 Å². The largest absolute Gasteiger partial charge is 0.298 e. The van der Waals surface area contributed by atoms with Gasteiger partial charge in [-0.15, -0.1) is 0 Å². The number of likely N-dealkylation sites (tertiary alicyclic amines) is 5. The van der Waals surface area contributed by atoms with Gasteiger partial charge in [-0.05, 0) is 409 Å². The SMILES string of the molecule is CC(C)(C)C1C2CCCC1CC2.CC(C)(C)N1C2CCCC1CC2.CC(C)(C)N1CC2CCC1C2.CC(C)(C)N1CC2CCC1CC2.CC(C)(C)N1CC2CCCC(CC2)C1.CC(C)(C)N1CCC2CCC1C2.CC(C)(C)N1CCC2CCCC(C2)C1.CC(C)(C)N1CCC2CCCC1C2. The third kappa shape index (κ3) is 23.9. The number of nitrogens with zero attached hydrogens (tertiary/aromatic N) is 7. The summed E-state index contributed by atoms with van der Waals surface area (Å²) in [5.41, 5.74) is 3.38. The molecule has 0 aromatic heterocycles. The maximum absolute atomic E-state index is 2.77. The van der Waals surface area contributed by atoms with Gasteiger partial charge in [0, 0.05) is 108 Å². The van der Waals surface area contributed by atoms with Crippen LogP contribution in [-0.2, 0) is 0 Å². The lowest BCUT2D eigenvalue weighted by atomic mass is 9.66. The average molecular weight is 1390 g/mol. The maximum atomic E-state index is 2.77. The fourth-order valence-electron chi connectivity index (χ4n) is 25.1. The quantitative estimate of drug-likeness (QED) is 0.238. The van der Waals surface area contributed by atoms with Gasteiger partial charge < -0.3 is 0 Å². The second-order valence-electron chi connectivity index (χ2n) is 45.9. The minimum absolute atomic E-state index is 0.386. The summed E-state index contributed by atoms with van der Waals surface area (Å²) in [5.74, 6) is 11.5. The molecule has 17 aliphatic rings. The molecule has 0 radical (unpaired) electrons. The molecule has 8 aliphatic carbocycles. The van der Waals surface area contributed by atoms with Gasteiger partial charge in [-0.1, -0.05) is 78.6 Å². The first-order valence-electron chi connectivity index (χ1n) is 44.9. The molecule has 16 bridgehead atoms. The highest BCUT2D eigenvalue weighted by molar-refractivity contribution is 5.01. The molecule has 17 fully saturated rings. The van der Waals surface area contributed by atoms with Crippen molar-refractivity contribution in [2.75, 3.05) is 52.4 Å². The van der Waals surface area contributed by atoms with Crippen LogP contribution in [-0.4, -0.2) is 162 Å². The van der Waals surface area contributed by atoms with E-state index in [4.69, 9.17) is 0 Å². The van der Waals surface area contributed by atoms with E-state index in [1.165, 1.54) is 284 Å². The molecular formula is C93H177N7. The Bertz CT molecular complexity index is 2260. The molecule has 0 N–H and O–H groups in total. The summed E-state index contributed by atoms with van der Waals surface area (Å²) < 4.78 is 0. The number of hydrogen-bond donors (Lipinski definition) is 0. The molecule has 8 saturated carbocycles. The lowest BCUT2D eigenvalue weighted by Crippen LogP contribution is -2.56. The molecule has 0 amide bonds. The number of hydrogen-bond acceptors (Lipinski definition) is 7. The first-order chi connectivity index (χ1) is 46.6. The summed E-state index contributed by atoms with van der Waals surface area (Å²) in [7, 11) is 0. The summed E-state index contributed by atoms with van der Waals surface area (Å²) >= 11 is 0. The van der Waals surface area contributed by atoms with Crippen LogP contribution in [0.25, 0.3) is 0 Å². The van der Waals surface area contributed by atoms with Gasteiger partial charge in [0.2, 0.25) is 0 Å². The van der Waals surface area contributed by atoms with Gasteiger partial charge >= 0.3 is 0 Å². The second kappa shape index (κ2) is 35.2. The fourth-order valence-corrected chi connectivity index (χ4v) is 25.1. The standard InChI is InChI=1S/2C13H25N.C12H23N.C12H22.3C11H21N.C10H19N/c1-13(2,3)14-8-7-11-5-4-6-12(9-11)10-14;1-13(2,3)14-9-11-5-4-6-12(10-14)8-7-11;1-12(2,3)13-8-7-10-5-4-6-11(13)9-10;1-12(2,3)11-9-5-4-6-10(11)8-7-9;1-11(2,3)12-8-9-4-6-10(12)7-5-9;1-11(2,3)12-7-6-9-4-5-10(12)8-9;1-11(2,3)12-9-5-4-6-10(12)8-7-9;1-10(2,3)11-7-8-4-5-9(11)6-8/h2*11-12H,4-10H2,1-3H3;10-11H,4-9H2,1-3H3;9-11H,4-8H2,1-3H3;3*9-10H,4-8H2,1-3H3;8-9H,4-7H2,1-3H3. The van der Waals surface area contributed by atoms with E-state index in [1.54, 1.807) is 0 Å². The number of rotatable bonds is 0. The molecule has 9 aliphatic heterocycles. The monoisotopic (exact) mass is 1390 g/mol. The Hall–Kier alpha value is -0.280. The molecule has 0 spiro atoms. The van der Waals surface area contributed by atoms with Crippen LogP contribution in [0.5, 0.6) is 0 Å². The highest BCUT2D eigenvalue weighted by atomic mass is 15.3. The van der Waals surface area contributed by atoms with Crippen molar-refractivity contribution >= 4 is 0 Å². The highest BCUT2D eigenvalue weighted by Crippen LogP contribution is 2.54. The predicted molar refractivity (Wildman–Crippen MR) is 437 cm³/mol. The Labute approximate surface area is 626 Å². The summed E-state index contributed by atoms with van der Waals surface area (Å²) in [5, 5.41) is 0. The van der Waals surface area contributed by atoms with Crippen molar-refractivity contribution in [2.24, 2.45) is 70.5 Å². The van der Waals surface area contributed by atoms with Crippen LogP contribution in [0.15, 0.2) is 0 Å². The summed E-state index contributed by atoms with van der Waals surface area (Å²) in [4.78, 5) is 19.1. The zero-order valence-electron chi connectivity index (χ0n) is 72.1. The van der Waals surface area contributed by atoms with Gasteiger partial charge in [0.05, 0.1) is 0 Å². The van der Waals surface area contributed by atoms with Gasteiger partial charge in [-0.2, -0.15) is 0 Å². The van der Waals surface area contributed by atoms with E-state index in [0.717, 1.165) is 101 Å². The number of piperidine rings is 6. The Kier molecular flexibility index (Phi) is 29.5. The molecule has 14 unspecified atom stereocenters. The molecule has 100 heavy (non-hydrogen) atoms. The molecule has 7 heteroatoms. The van der Waals surface area contributed by atoms with Crippen molar-refractivity contribution in [1.29, 1.82) is 0 Å². The van der Waals surface area contributed by atoms with E-state index >= 15 is 0 Å². The van der Waals surface area contributed by atoms with Gasteiger partial charge in [-0.3, -0.25) is 34.3 Å². The molecule has 9 heterocycles. The van der Waals surface area contributed by atoms with Crippen LogP contribution in [0.2, 0.25) is 0 Å². The van der Waals surface area contributed by atoms with Gasteiger partial charge in [0.25, 0.3) is 0 Å². The van der Waals surface area contributed by atoms with Crippen LogP contribution < -0.4 is 0 Å². The maximum Gasteiger partial charge on any atom is 0.0130 e. The predicted octanol–water partition coefficient (Wildman–Crippen LogP) is 23.9. The summed E-state index contributed by atoms with van der Waals surface area (Å²) in [6.45, 7) is 67.7. The Morgan fingerprint density at radius 2 is 0.510 bits per heavy atom. The van der Waals surface area contributed by atoms with E-state index in [9.17, 15) is 0 Å². The molecule has 7 nitrogen and oxygen atoms in total. The zero-order chi connectivity index (χ0) is 73.0. The van der Waals surface area contributed by atoms with Crippen molar-refractivity contribution in [3.8, 4) is 0 Å². The molecule has 9 saturated heterocycles. The molecular weight excluding hydrogens is 1220 g/mol.